The third-order valence-electron chi connectivity index (χ3n) is 4.28. The molecule has 2 N–H and O–H groups in total. The number of hydrogen-bond donors (Lipinski definition) is 2. The van der Waals surface area contributed by atoms with Crippen molar-refractivity contribution in [1.29, 1.82) is 0 Å². The van der Waals surface area contributed by atoms with Crippen molar-refractivity contribution in [2.24, 2.45) is 15.3 Å². The molecule has 8 nitrogen and oxygen atoms in total. The Hall–Kier alpha value is -3.72. The van der Waals surface area contributed by atoms with Gasteiger partial charge in [-0.05, 0) is 48.5 Å². The minimum absolute atomic E-state index is 0.00872. The molecular formula is C22H17BrN4O4. The Morgan fingerprint density at radius 1 is 1.03 bits per heavy atom. The molecule has 0 fully saturated rings. The van der Waals surface area contributed by atoms with E-state index in [2.05, 4.69) is 36.7 Å². The first-order valence-corrected chi connectivity index (χ1v) is 10.1. The summed E-state index contributed by atoms with van der Waals surface area (Å²) in [6.45, 7) is 0.0785. The molecular weight excluding hydrogens is 464 g/mol. The summed E-state index contributed by atoms with van der Waals surface area (Å²) >= 11 is 3.38. The van der Waals surface area contributed by atoms with Gasteiger partial charge in [0.2, 0.25) is 6.10 Å². The quantitative estimate of drug-likeness (QED) is 0.309. The first-order valence-electron chi connectivity index (χ1n) is 9.30. The zero-order valence-electron chi connectivity index (χ0n) is 16.1. The van der Waals surface area contributed by atoms with Gasteiger partial charge in [0.25, 0.3) is 5.91 Å². The zero-order chi connectivity index (χ0) is 21.6. The molecule has 0 radical (unpaired) electrons. The molecule has 1 unspecified atom stereocenters. The average molecular weight is 481 g/mol. The summed E-state index contributed by atoms with van der Waals surface area (Å²) in [5, 5.41) is 22.3. The van der Waals surface area contributed by atoms with Crippen LogP contribution in [-0.2, 0) is 4.79 Å². The molecule has 0 saturated carbocycles. The van der Waals surface area contributed by atoms with Gasteiger partial charge in [-0.15, -0.1) is 0 Å². The number of nitrogens with one attached hydrogen (secondary N) is 1. The highest BCUT2D eigenvalue weighted by Crippen LogP contribution is 2.31. The minimum Gasteiger partial charge on any atom is -0.507 e. The van der Waals surface area contributed by atoms with Crippen LogP contribution >= 0.6 is 15.9 Å². The van der Waals surface area contributed by atoms with Crippen LogP contribution < -0.4 is 14.9 Å². The number of phenols is 1. The SMILES string of the molecule is O=C(N/N=C/c1cc(N=Nc2cccc(Br)c2)ccc1O)C1COc2ccccc2O1. The van der Waals surface area contributed by atoms with Crippen LogP contribution in [0.4, 0.5) is 11.4 Å². The summed E-state index contributed by atoms with van der Waals surface area (Å²) in [4.78, 5) is 12.3. The molecule has 0 aliphatic carbocycles. The topological polar surface area (TPSA) is 105 Å². The van der Waals surface area contributed by atoms with Crippen molar-refractivity contribution in [3.8, 4) is 17.2 Å². The van der Waals surface area contributed by atoms with Crippen molar-refractivity contribution in [2.45, 2.75) is 6.10 Å². The standard InChI is InChI=1S/C22H17BrN4O4/c23-15-4-3-5-16(11-15)25-26-17-8-9-18(28)14(10-17)12-24-27-22(29)21-13-30-19-6-1-2-7-20(19)31-21/h1-12,21,28H,13H2,(H,27,29)/b24-12+,26-25?. The van der Waals surface area contributed by atoms with Gasteiger partial charge in [-0.2, -0.15) is 15.3 Å². The third-order valence-corrected chi connectivity index (χ3v) is 4.77. The number of hydrogen-bond acceptors (Lipinski definition) is 7. The van der Waals surface area contributed by atoms with Gasteiger partial charge >= 0.3 is 0 Å². The first-order chi connectivity index (χ1) is 15.1. The fraction of sp³-hybridized carbons (Fsp3) is 0.0909. The molecule has 1 aliphatic heterocycles. The number of hydrazone groups is 1. The highest BCUT2D eigenvalue weighted by molar-refractivity contribution is 9.10. The van der Waals surface area contributed by atoms with Crippen molar-refractivity contribution >= 4 is 39.4 Å². The van der Waals surface area contributed by atoms with E-state index >= 15 is 0 Å². The van der Waals surface area contributed by atoms with Gasteiger partial charge in [-0.25, -0.2) is 5.43 Å². The monoisotopic (exact) mass is 480 g/mol. The third kappa shape index (κ3) is 5.26. The van der Waals surface area contributed by atoms with Crippen molar-refractivity contribution < 1.29 is 19.4 Å². The highest BCUT2D eigenvalue weighted by atomic mass is 79.9. The number of benzene rings is 3. The molecule has 4 rings (SSSR count). The summed E-state index contributed by atoms with van der Waals surface area (Å²) in [6, 6.07) is 19.2. The predicted molar refractivity (Wildman–Crippen MR) is 119 cm³/mol. The van der Waals surface area contributed by atoms with Gasteiger partial charge in [-0.3, -0.25) is 4.79 Å². The van der Waals surface area contributed by atoms with E-state index in [1.807, 2.05) is 30.3 Å². The molecule has 1 aliphatic rings. The Labute approximate surface area is 186 Å². The molecule has 0 saturated heterocycles. The Bertz CT molecular complexity index is 1170. The van der Waals surface area contributed by atoms with Gasteiger partial charge < -0.3 is 14.6 Å². The fourth-order valence-electron chi connectivity index (χ4n) is 2.75. The second-order valence-corrected chi connectivity index (χ2v) is 7.44. The highest BCUT2D eigenvalue weighted by Gasteiger charge is 2.27. The Kier molecular flexibility index (Phi) is 6.23. The summed E-state index contributed by atoms with van der Waals surface area (Å²) in [5.74, 6) is 0.620. The van der Waals surface area contributed by atoms with Crippen molar-refractivity contribution in [1.82, 2.24) is 5.43 Å². The van der Waals surface area contributed by atoms with E-state index in [1.54, 1.807) is 30.3 Å². The van der Waals surface area contributed by atoms with Crippen LogP contribution in [0.3, 0.4) is 0 Å². The molecule has 1 amide bonds. The van der Waals surface area contributed by atoms with Gasteiger partial charge in [0.1, 0.15) is 12.4 Å². The number of azo groups is 1. The molecule has 156 valence electrons. The van der Waals surface area contributed by atoms with E-state index in [0.29, 0.717) is 28.4 Å². The molecule has 0 bridgehead atoms. The zero-order valence-corrected chi connectivity index (χ0v) is 17.7. The normalized spacial score (nSPS) is 15.3. The van der Waals surface area contributed by atoms with E-state index in [0.717, 1.165) is 4.47 Å². The van der Waals surface area contributed by atoms with Crippen LogP contribution in [0.15, 0.2) is 86.5 Å². The molecule has 9 heteroatoms. The maximum atomic E-state index is 12.3. The largest absolute Gasteiger partial charge is 0.507 e. The predicted octanol–water partition coefficient (Wildman–Crippen LogP) is 4.86. The number of fused-ring (bicyclic) bond motifs is 1. The second-order valence-electron chi connectivity index (χ2n) is 6.52. The molecule has 3 aromatic carbocycles. The maximum Gasteiger partial charge on any atom is 0.284 e. The van der Waals surface area contributed by atoms with Gasteiger partial charge in [-0.1, -0.05) is 34.1 Å². The summed E-state index contributed by atoms with van der Waals surface area (Å²) < 4.78 is 12.1. The number of nitrogens with zero attached hydrogens (tertiary/aromatic N) is 3. The Morgan fingerprint density at radius 2 is 1.81 bits per heavy atom. The lowest BCUT2D eigenvalue weighted by Crippen LogP contribution is -2.42. The summed E-state index contributed by atoms with van der Waals surface area (Å²) in [5.41, 5.74) is 3.97. The van der Waals surface area contributed by atoms with Crippen LogP contribution in [0, 0.1) is 0 Å². The van der Waals surface area contributed by atoms with Gasteiger partial charge in [0.15, 0.2) is 11.5 Å². The Morgan fingerprint density at radius 3 is 2.61 bits per heavy atom. The Balaban J connectivity index is 1.39. The maximum absolute atomic E-state index is 12.3. The minimum atomic E-state index is -0.828. The smallest absolute Gasteiger partial charge is 0.284 e. The average Bonchev–Trinajstić information content (AvgIpc) is 2.79. The number of aromatic hydroxyl groups is 1. The van der Waals surface area contributed by atoms with Crippen molar-refractivity contribution in [3.05, 3.63) is 76.8 Å². The first kappa shape index (κ1) is 20.5. The van der Waals surface area contributed by atoms with Gasteiger partial charge in [0, 0.05) is 10.0 Å². The van der Waals surface area contributed by atoms with Crippen molar-refractivity contribution in [3.63, 3.8) is 0 Å². The molecule has 0 spiro atoms. The lowest BCUT2D eigenvalue weighted by Gasteiger charge is -2.24. The lowest BCUT2D eigenvalue weighted by molar-refractivity contribution is -0.130. The number of rotatable bonds is 5. The van der Waals surface area contributed by atoms with Crippen LogP contribution in [0.1, 0.15) is 5.56 Å². The molecule has 1 atom stereocenters. The number of phenolic OH excluding ortho intramolecular Hbond substituents is 1. The number of ether oxygens (including phenoxy) is 2. The van der Waals surface area contributed by atoms with E-state index < -0.39 is 12.0 Å². The van der Waals surface area contributed by atoms with Crippen LogP contribution in [0.25, 0.3) is 0 Å². The van der Waals surface area contributed by atoms with E-state index in [4.69, 9.17) is 9.47 Å². The number of carbonyl (C=O) groups is 1. The number of amides is 1. The lowest BCUT2D eigenvalue weighted by atomic mass is 10.2. The van der Waals surface area contributed by atoms with E-state index in [9.17, 15) is 9.90 Å². The number of para-hydroxylation sites is 2. The van der Waals surface area contributed by atoms with Crippen LogP contribution in [0.5, 0.6) is 17.2 Å². The fourth-order valence-corrected chi connectivity index (χ4v) is 3.13. The molecule has 3 aromatic rings. The van der Waals surface area contributed by atoms with E-state index in [-0.39, 0.29) is 12.4 Å². The van der Waals surface area contributed by atoms with Crippen LogP contribution in [-0.4, -0.2) is 29.9 Å². The molecule has 31 heavy (non-hydrogen) atoms. The number of halogens is 1. The van der Waals surface area contributed by atoms with Crippen molar-refractivity contribution in [2.75, 3.05) is 6.61 Å². The molecule has 1 heterocycles. The summed E-state index contributed by atoms with van der Waals surface area (Å²) in [7, 11) is 0. The van der Waals surface area contributed by atoms with Gasteiger partial charge in [0.05, 0.1) is 17.6 Å². The summed E-state index contributed by atoms with van der Waals surface area (Å²) in [6.07, 6.45) is 0.495. The van der Waals surface area contributed by atoms with E-state index in [1.165, 1.54) is 12.3 Å². The second kappa shape index (κ2) is 9.40. The van der Waals surface area contributed by atoms with Crippen LogP contribution in [0.2, 0.25) is 0 Å². The molecule has 0 aromatic heterocycles. The number of carbonyl (C=O) groups excluding carboxylic acids is 1.